The van der Waals surface area contributed by atoms with E-state index < -0.39 is 36.0 Å². The third-order valence-electron chi connectivity index (χ3n) is 10.3. The van der Waals surface area contributed by atoms with Crippen LogP contribution in [-0.4, -0.2) is 93.2 Å². The van der Waals surface area contributed by atoms with Gasteiger partial charge in [-0.15, -0.1) is 0 Å². The molecule has 18 heteroatoms. The summed E-state index contributed by atoms with van der Waals surface area (Å²) in [6, 6.07) is 22.0. The highest BCUT2D eigenvalue weighted by atomic mass is 17.2. The lowest BCUT2D eigenvalue weighted by atomic mass is 10.1. The summed E-state index contributed by atoms with van der Waals surface area (Å²) in [6.07, 6.45) is 5.93. The number of carbonyl (C=O) groups excluding carboxylic acids is 5. The number of aromatic nitrogens is 4. The first kappa shape index (κ1) is 40.8. The molecule has 2 saturated heterocycles. The van der Waals surface area contributed by atoms with Gasteiger partial charge in [0.15, 0.2) is 6.04 Å². The lowest BCUT2D eigenvalue weighted by molar-refractivity contribution is -0.188. The maximum atomic E-state index is 13.8. The van der Waals surface area contributed by atoms with Crippen molar-refractivity contribution in [2.75, 3.05) is 37.9 Å². The van der Waals surface area contributed by atoms with Crippen LogP contribution in [0.15, 0.2) is 102 Å². The largest absolute Gasteiger partial charge is 0.453 e. The van der Waals surface area contributed by atoms with E-state index in [2.05, 4.69) is 45.8 Å². The summed E-state index contributed by atoms with van der Waals surface area (Å²) >= 11 is 0. The monoisotopic (exact) mass is 816 g/mol. The molecule has 2 aliphatic heterocycles. The van der Waals surface area contributed by atoms with E-state index in [1.807, 2.05) is 36.4 Å². The number of aromatic amines is 2. The van der Waals surface area contributed by atoms with Gasteiger partial charge in [0.05, 0.1) is 38.7 Å². The van der Waals surface area contributed by atoms with Crippen molar-refractivity contribution in [2.45, 2.75) is 49.9 Å². The summed E-state index contributed by atoms with van der Waals surface area (Å²) < 4.78 is 4.77. The Kier molecular flexibility index (Phi) is 12.9. The first-order valence-corrected chi connectivity index (χ1v) is 19.3. The number of hydrogen-bond donors (Lipinski definition) is 5. The lowest BCUT2D eigenvalue weighted by Gasteiger charge is -2.28. The molecule has 4 atom stereocenters. The SMILES string of the molecule is COO/C=N\[C@@H](C(=O)N1CCC[C@H]1c1ncc(C(=O)Nc2ccc(NC(=O)c3cnc([C@@H]4CCCN4C(=O)[C@H](NC(=O)OC)c4ccccc4)[nH]3)cc2)[nH]1)c1ccccc1. The molecule has 0 spiro atoms. The highest BCUT2D eigenvalue weighted by Crippen LogP contribution is 2.35. The van der Waals surface area contributed by atoms with Crippen molar-refractivity contribution in [3.63, 3.8) is 0 Å². The Morgan fingerprint density at radius 1 is 0.717 bits per heavy atom. The fourth-order valence-electron chi connectivity index (χ4n) is 7.40. The number of carbonyl (C=O) groups is 5. The van der Waals surface area contributed by atoms with Crippen LogP contribution >= 0.6 is 0 Å². The zero-order chi connectivity index (χ0) is 42.0. The van der Waals surface area contributed by atoms with Crippen molar-refractivity contribution >= 4 is 47.5 Å². The van der Waals surface area contributed by atoms with E-state index in [0.29, 0.717) is 66.5 Å². The van der Waals surface area contributed by atoms with Crippen molar-refractivity contribution in [1.29, 1.82) is 0 Å². The van der Waals surface area contributed by atoms with Gasteiger partial charge in [0.2, 0.25) is 6.40 Å². The normalized spacial score (nSPS) is 17.2. The molecule has 0 saturated carbocycles. The van der Waals surface area contributed by atoms with Gasteiger partial charge in [-0.1, -0.05) is 60.7 Å². The van der Waals surface area contributed by atoms with Gasteiger partial charge in [0.25, 0.3) is 23.6 Å². The number of H-pyrrole nitrogens is 2. The zero-order valence-corrected chi connectivity index (χ0v) is 32.9. The third-order valence-corrected chi connectivity index (χ3v) is 10.3. The number of methoxy groups -OCH3 is 1. The van der Waals surface area contributed by atoms with Gasteiger partial charge in [-0.3, -0.25) is 19.2 Å². The Labute approximate surface area is 344 Å². The number of aliphatic imine (C=N–C) groups is 1. The fraction of sp³-hybridized carbons (Fsp3) is 0.286. The van der Waals surface area contributed by atoms with E-state index in [1.165, 1.54) is 26.6 Å². The number of imidazole rings is 2. The summed E-state index contributed by atoms with van der Waals surface area (Å²) in [5.41, 5.74) is 2.63. The molecular formula is C42H44N10O8. The Morgan fingerprint density at radius 3 is 1.72 bits per heavy atom. The van der Waals surface area contributed by atoms with E-state index in [4.69, 9.17) is 9.62 Å². The minimum absolute atomic E-state index is 0.190. The molecule has 3 aromatic carbocycles. The molecule has 0 unspecified atom stereocenters. The third kappa shape index (κ3) is 9.34. The zero-order valence-electron chi connectivity index (χ0n) is 32.9. The van der Waals surface area contributed by atoms with Gasteiger partial charge in [-0.2, -0.15) is 4.89 Å². The van der Waals surface area contributed by atoms with Gasteiger partial charge in [0.1, 0.15) is 29.1 Å². The van der Waals surface area contributed by atoms with Crippen LogP contribution in [0.3, 0.4) is 0 Å². The topological polar surface area (TPSA) is 225 Å². The molecule has 2 aliphatic rings. The molecule has 4 heterocycles. The molecule has 5 amide bonds. The van der Waals surface area contributed by atoms with E-state index in [0.717, 1.165) is 12.8 Å². The lowest BCUT2D eigenvalue weighted by Crippen LogP contribution is -2.42. The first-order chi connectivity index (χ1) is 29.2. The van der Waals surface area contributed by atoms with Crippen LogP contribution in [0.5, 0.6) is 0 Å². The minimum atomic E-state index is -0.968. The molecule has 2 aromatic heterocycles. The number of ether oxygens (including phenoxy) is 1. The number of nitrogens with zero attached hydrogens (tertiary/aromatic N) is 5. The number of benzene rings is 3. The second-order valence-electron chi connectivity index (χ2n) is 14.0. The maximum Gasteiger partial charge on any atom is 0.407 e. The molecule has 7 rings (SSSR count). The maximum absolute atomic E-state index is 13.8. The molecular weight excluding hydrogens is 773 g/mol. The molecule has 2 fully saturated rings. The van der Waals surface area contributed by atoms with Crippen molar-refractivity contribution in [1.82, 2.24) is 35.1 Å². The quantitative estimate of drug-likeness (QED) is 0.0415. The van der Waals surface area contributed by atoms with Crippen LogP contribution in [0.4, 0.5) is 16.2 Å². The van der Waals surface area contributed by atoms with Crippen LogP contribution in [0.2, 0.25) is 0 Å². The second-order valence-corrected chi connectivity index (χ2v) is 14.0. The van der Waals surface area contributed by atoms with Gasteiger partial charge < -0.3 is 45.3 Å². The number of hydrogen-bond acceptors (Lipinski definition) is 11. The van der Waals surface area contributed by atoms with E-state index in [1.54, 1.807) is 58.3 Å². The molecule has 0 aliphatic carbocycles. The Hall–Kier alpha value is -7.34. The molecule has 5 N–H and O–H groups in total. The van der Waals surface area contributed by atoms with E-state index in [9.17, 15) is 24.0 Å². The highest BCUT2D eigenvalue weighted by molar-refractivity contribution is 6.04. The summed E-state index contributed by atoms with van der Waals surface area (Å²) in [4.78, 5) is 98.4. The number of likely N-dealkylation sites (tertiary alicyclic amines) is 2. The van der Waals surface area contributed by atoms with Crippen molar-refractivity contribution < 1.29 is 38.5 Å². The molecule has 310 valence electrons. The van der Waals surface area contributed by atoms with Gasteiger partial charge >= 0.3 is 6.09 Å². The van der Waals surface area contributed by atoms with Crippen LogP contribution < -0.4 is 16.0 Å². The summed E-state index contributed by atoms with van der Waals surface area (Å²) in [7, 11) is 2.58. The van der Waals surface area contributed by atoms with Crippen LogP contribution in [0.1, 0.15) is 93.6 Å². The van der Waals surface area contributed by atoms with Gasteiger partial charge in [0, 0.05) is 24.5 Å². The van der Waals surface area contributed by atoms with E-state index >= 15 is 0 Å². The van der Waals surface area contributed by atoms with Crippen molar-refractivity contribution in [3.8, 4) is 0 Å². The summed E-state index contributed by atoms with van der Waals surface area (Å²) in [6.45, 7) is 0.938. The fourth-order valence-corrected chi connectivity index (χ4v) is 7.40. The summed E-state index contributed by atoms with van der Waals surface area (Å²) in [5, 5.41) is 8.29. The smallest absolute Gasteiger partial charge is 0.407 e. The number of amides is 5. The van der Waals surface area contributed by atoms with Gasteiger partial charge in [-0.25, -0.2) is 19.8 Å². The van der Waals surface area contributed by atoms with Gasteiger partial charge in [-0.05, 0) is 61.1 Å². The van der Waals surface area contributed by atoms with E-state index in [-0.39, 0.29) is 29.2 Å². The number of anilines is 2. The number of alkyl carbamates (subject to hydrolysis) is 1. The molecule has 0 bridgehead atoms. The average Bonchev–Trinajstić information content (AvgIpc) is 4.12. The predicted octanol–water partition coefficient (Wildman–Crippen LogP) is 5.41. The average molecular weight is 817 g/mol. The van der Waals surface area contributed by atoms with Crippen LogP contribution in [0, 0.1) is 0 Å². The molecule has 5 aromatic rings. The standard InChI is InChI=1S/C42H44N10O8/c1-58-42(57)50-35(27-13-7-4-8-14-27)41(56)52-22-10-16-33(52)37-44-24-31(49-37)39(54)47-29-19-17-28(18-20-29)46-38(53)30-23-43-36(48-30)32-15-9-21-51(32)40(55)34(45-25-60-59-2)26-11-5-3-6-12-26/h3-8,11-14,17-20,23-25,32-35H,9-10,15-16,21-22H2,1-2H3,(H,43,48)(H,44,49)(H,46,53)(H,47,54)(H,50,57)/b45-25-/t32-,33-,34+,35+/m0/s1. The minimum Gasteiger partial charge on any atom is -0.453 e. The second kappa shape index (κ2) is 18.9. The predicted molar refractivity (Wildman–Crippen MR) is 217 cm³/mol. The Balaban J connectivity index is 0.952. The van der Waals surface area contributed by atoms with Crippen molar-refractivity contribution in [2.24, 2.45) is 4.99 Å². The van der Waals surface area contributed by atoms with Crippen molar-refractivity contribution in [3.05, 3.63) is 131 Å². The highest BCUT2D eigenvalue weighted by Gasteiger charge is 2.38. The number of rotatable bonds is 14. The Morgan fingerprint density at radius 2 is 1.22 bits per heavy atom. The first-order valence-electron chi connectivity index (χ1n) is 19.3. The number of nitrogens with one attached hydrogen (secondary N) is 5. The summed E-state index contributed by atoms with van der Waals surface area (Å²) in [5.74, 6) is -0.525. The molecule has 60 heavy (non-hydrogen) atoms. The van der Waals surface area contributed by atoms with Crippen LogP contribution in [-0.2, 0) is 24.1 Å². The van der Waals surface area contributed by atoms with Crippen LogP contribution in [0.25, 0.3) is 0 Å². The molecule has 18 nitrogen and oxygen atoms in total. The Bertz CT molecular complexity index is 2310. The molecule has 0 radical (unpaired) electrons.